The quantitative estimate of drug-likeness (QED) is 0.832. The molecule has 0 atom stereocenters. The van der Waals surface area contributed by atoms with Gasteiger partial charge in [-0.1, -0.05) is 6.92 Å². The first-order chi connectivity index (χ1) is 10.5. The van der Waals surface area contributed by atoms with Crippen LogP contribution in [0.2, 0.25) is 0 Å². The molecule has 7 heteroatoms. The van der Waals surface area contributed by atoms with Gasteiger partial charge in [-0.2, -0.15) is 4.98 Å². The second kappa shape index (κ2) is 6.46. The molecule has 118 valence electrons. The Morgan fingerprint density at radius 1 is 1.23 bits per heavy atom. The van der Waals surface area contributed by atoms with Crippen molar-refractivity contribution in [1.29, 1.82) is 0 Å². The van der Waals surface area contributed by atoms with Gasteiger partial charge >= 0.3 is 11.7 Å². The molecular weight excluding hydrogens is 288 g/mol. The first-order valence-electron chi connectivity index (χ1n) is 6.88. The lowest BCUT2D eigenvalue weighted by Gasteiger charge is -2.14. The van der Waals surface area contributed by atoms with Crippen molar-refractivity contribution in [3.63, 3.8) is 0 Å². The van der Waals surface area contributed by atoms with Crippen molar-refractivity contribution in [3.05, 3.63) is 28.3 Å². The summed E-state index contributed by atoms with van der Waals surface area (Å²) in [5, 5.41) is 0.640. The van der Waals surface area contributed by atoms with Crippen LogP contribution in [0.3, 0.4) is 0 Å². The molecule has 0 bridgehead atoms. The largest absolute Gasteiger partial charge is 0.493 e. The van der Waals surface area contributed by atoms with Gasteiger partial charge in [0.05, 0.1) is 25.4 Å². The van der Waals surface area contributed by atoms with Crippen LogP contribution < -0.4 is 20.0 Å². The zero-order chi connectivity index (χ0) is 16.3. The van der Waals surface area contributed by atoms with Gasteiger partial charge in [0.1, 0.15) is 0 Å². The molecule has 0 saturated heterocycles. The minimum atomic E-state index is -0.651. The predicted octanol–water partition coefficient (Wildman–Crippen LogP) is 1.48. The van der Waals surface area contributed by atoms with Crippen LogP contribution >= 0.6 is 0 Å². The Morgan fingerprint density at radius 2 is 1.86 bits per heavy atom. The van der Waals surface area contributed by atoms with Crippen molar-refractivity contribution < 1.29 is 19.1 Å². The molecule has 0 aliphatic carbocycles. The molecule has 0 spiro atoms. The Hall–Kier alpha value is -2.57. The predicted molar refractivity (Wildman–Crippen MR) is 80.3 cm³/mol. The Kier molecular flexibility index (Phi) is 4.65. The standard InChI is InChI=1S/C15H18N2O5/c1-5-6-14(18)22-17-11-8-13(21-4)12(20-3)7-10(11)9(2)16-15(17)19/h7-8H,5-6H2,1-4H3. The van der Waals surface area contributed by atoms with Crippen molar-refractivity contribution in [2.24, 2.45) is 0 Å². The zero-order valence-electron chi connectivity index (χ0n) is 13.0. The van der Waals surface area contributed by atoms with E-state index in [1.165, 1.54) is 14.2 Å². The Labute approximate surface area is 127 Å². The molecule has 0 amide bonds. The zero-order valence-corrected chi connectivity index (χ0v) is 13.0. The summed E-state index contributed by atoms with van der Waals surface area (Å²) in [6.07, 6.45) is 0.844. The second-order valence-corrected chi connectivity index (χ2v) is 4.71. The highest BCUT2D eigenvalue weighted by molar-refractivity contribution is 5.85. The monoisotopic (exact) mass is 306 g/mol. The van der Waals surface area contributed by atoms with Crippen molar-refractivity contribution >= 4 is 16.9 Å². The molecule has 0 fully saturated rings. The van der Waals surface area contributed by atoms with Crippen molar-refractivity contribution in [2.45, 2.75) is 26.7 Å². The van der Waals surface area contributed by atoms with Crippen molar-refractivity contribution in [2.75, 3.05) is 14.2 Å². The van der Waals surface area contributed by atoms with Gasteiger partial charge < -0.3 is 14.3 Å². The number of aromatic nitrogens is 2. The van der Waals surface area contributed by atoms with Crippen LogP contribution in [-0.4, -0.2) is 29.9 Å². The molecular formula is C15H18N2O5. The fourth-order valence-corrected chi connectivity index (χ4v) is 2.12. The van der Waals surface area contributed by atoms with Crippen LogP contribution in [0.5, 0.6) is 11.5 Å². The smallest absolute Gasteiger partial charge is 0.381 e. The number of methoxy groups -OCH3 is 2. The first kappa shape index (κ1) is 15.8. The number of nitrogens with zero attached hydrogens (tertiary/aromatic N) is 2. The molecule has 1 aromatic heterocycles. The van der Waals surface area contributed by atoms with Crippen molar-refractivity contribution in [3.8, 4) is 11.5 Å². The van der Waals surface area contributed by atoms with Crippen LogP contribution in [0.4, 0.5) is 0 Å². The molecule has 22 heavy (non-hydrogen) atoms. The molecule has 0 unspecified atom stereocenters. The number of carbonyl (C=O) groups is 1. The van der Waals surface area contributed by atoms with E-state index in [1.807, 2.05) is 6.92 Å². The van der Waals surface area contributed by atoms with E-state index < -0.39 is 11.7 Å². The molecule has 1 heterocycles. The van der Waals surface area contributed by atoms with E-state index in [2.05, 4.69) is 4.98 Å². The number of fused-ring (bicyclic) bond motifs is 1. The molecule has 1 aromatic carbocycles. The summed E-state index contributed by atoms with van der Waals surface area (Å²) >= 11 is 0. The van der Waals surface area contributed by atoms with Gasteiger partial charge in [-0.25, -0.2) is 9.59 Å². The minimum Gasteiger partial charge on any atom is -0.493 e. The third kappa shape index (κ3) is 2.88. The second-order valence-electron chi connectivity index (χ2n) is 4.71. The Morgan fingerprint density at radius 3 is 2.45 bits per heavy atom. The maximum atomic E-state index is 12.1. The van der Waals surface area contributed by atoms with Gasteiger partial charge in [0.2, 0.25) is 0 Å². The summed E-state index contributed by atoms with van der Waals surface area (Å²) in [6, 6.07) is 3.28. The lowest BCUT2D eigenvalue weighted by Crippen LogP contribution is -2.33. The highest BCUT2D eigenvalue weighted by Gasteiger charge is 2.16. The number of hydrogen-bond donors (Lipinski definition) is 0. The highest BCUT2D eigenvalue weighted by atomic mass is 16.7. The fourth-order valence-electron chi connectivity index (χ4n) is 2.12. The van der Waals surface area contributed by atoms with Gasteiger partial charge in [-0.3, -0.25) is 0 Å². The van der Waals surface area contributed by atoms with Crippen LogP contribution in [0.25, 0.3) is 10.9 Å². The van der Waals surface area contributed by atoms with Crippen LogP contribution in [-0.2, 0) is 4.79 Å². The summed E-state index contributed by atoms with van der Waals surface area (Å²) in [6.45, 7) is 3.55. The number of ether oxygens (including phenoxy) is 2. The average molecular weight is 306 g/mol. The fraction of sp³-hybridized carbons (Fsp3) is 0.400. The molecule has 0 N–H and O–H groups in total. The van der Waals surface area contributed by atoms with Gasteiger partial charge in [0.15, 0.2) is 11.5 Å². The summed E-state index contributed by atoms with van der Waals surface area (Å²) in [7, 11) is 3.01. The van der Waals surface area contributed by atoms with E-state index in [0.717, 1.165) is 4.73 Å². The van der Waals surface area contributed by atoms with Crippen LogP contribution in [0, 0.1) is 6.92 Å². The number of carbonyl (C=O) groups excluding carboxylic acids is 1. The Bertz CT molecular complexity index is 767. The summed E-state index contributed by atoms with van der Waals surface area (Å²) in [4.78, 5) is 32.8. The van der Waals surface area contributed by atoms with Gasteiger partial charge in [-0.05, 0) is 19.4 Å². The van der Waals surface area contributed by atoms with Crippen LogP contribution in [0.15, 0.2) is 16.9 Å². The molecule has 7 nitrogen and oxygen atoms in total. The normalized spacial score (nSPS) is 10.5. The minimum absolute atomic E-state index is 0.217. The van der Waals surface area contributed by atoms with Gasteiger partial charge in [-0.15, -0.1) is 4.73 Å². The summed E-state index contributed by atoms with van der Waals surface area (Å²) < 4.78 is 11.4. The maximum absolute atomic E-state index is 12.1. The molecule has 0 aliphatic heterocycles. The molecule has 2 aromatic rings. The van der Waals surface area contributed by atoms with E-state index in [0.29, 0.717) is 34.5 Å². The SMILES string of the molecule is CCCC(=O)On1c(=O)nc(C)c2cc(OC)c(OC)cc21. The number of benzene rings is 1. The first-order valence-corrected chi connectivity index (χ1v) is 6.88. The number of hydrogen-bond acceptors (Lipinski definition) is 6. The van der Waals surface area contributed by atoms with E-state index in [1.54, 1.807) is 19.1 Å². The van der Waals surface area contributed by atoms with Gasteiger partial charge in [0, 0.05) is 17.9 Å². The van der Waals surface area contributed by atoms with Gasteiger partial charge in [0.25, 0.3) is 0 Å². The van der Waals surface area contributed by atoms with E-state index in [-0.39, 0.29) is 6.42 Å². The summed E-state index contributed by atoms with van der Waals surface area (Å²) in [5.41, 5.74) is 0.269. The Balaban J connectivity index is 2.69. The third-order valence-corrected chi connectivity index (χ3v) is 3.19. The average Bonchev–Trinajstić information content (AvgIpc) is 2.50. The van der Waals surface area contributed by atoms with E-state index in [4.69, 9.17) is 14.3 Å². The van der Waals surface area contributed by atoms with E-state index >= 15 is 0 Å². The van der Waals surface area contributed by atoms with Crippen molar-refractivity contribution in [1.82, 2.24) is 9.71 Å². The van der Waals surface area contributed by atoms with Crippen LogP contribution in [0.1, 0.15) is 25.5 Å². The third-order valence-electron chi connectivity index (χ3n) is 3.19. The molecule has 2 rings (SSSR count). The maximum Gasteiger partial charge on any atom is 0.381 e. The lowest BCUT2D eigenvalue weighted by molar-refractivity contribution is -0.144. The molecule has 0 radical (unpaired) electrons. The number of rotatable bonds is 5. The molecule has 0 aliphatic rings. The highest BCUT2D eigenvalue weighted by Crippen LogP contribution is 2.32. The topological polar surface area (TPSA) is 79.7 Å². The summed E-state index contributed by atoms with van der Waals surface area (Å²) in [5.74, 6) is 0.441. The lowest BCUT2D eigenvalue weighted by atomic mass is 10.1. The number of aryl methyl sites for hydroxylation is 1. The molecule has 0 saturated carbocycles. The van der Waals surface area contributed by atoms with E-state index in [9.17, 15) is 9.59 Å².